The van der Waals surface area contributed by atoms with Gasteiger partial charge in [-0.3, -0.25) is 0 Å². The molecule has 164 valence electrons. The lowest BCUT2D eigenvalue weighted by Crippen LogP contribution is -2.34. The van der Waals surface area contributed by atoms with Gasteiger partial charge in [-0.25, -0.2) is 13.4 Å². The number of nitrogens with two attached hydrogens (primary N) is 1. The van der Waals surface area contributed by atoms with Crippen molar-refractivity contribution in [2.75, 3.05) is 12.4 Å². The molecule has 0 aliphatic heterocycles. The Hall–Kier alpha value is -2.64. The lowest BCUT2D eigenvalue weighted by Gasteiger charge is -2.32. The number of hydrogen-bond donors (Lipinski definition) is 1. The van der Waals surface area contributed by atoms with Gasteiger partial charge < -0.3 is 15.0 Å². The number of fused-ring (bicyclic) bond motifs is 1. The number of aryl methyl sites for hydroxylation is 2. The van der Waals surface area contributed by atoms with Gasteiger partial charge in [0.05, 0.1) is 18.7 Å². The third kappa shape index (κ3) is 5.17. The molecule has 2 N–H and O–H groups in total. The van der Waals surface area contributed by atoms with Crippen LogP contribution in [0, 0.1) is 0 Å². The van der Waals surface area contributed by atoms with Crippen molar-refractivity contribution >= 4 is 9.84 Å². The Bertz CT molecular complexity index is 1130. The van der Waals surface area contributed by atoms with E-state index in [1.807, 2.05) is 12.1 Å². The number of nitrogens with zero attached hydrogens (tertiary/aromatic N) is 2. The first kappa shape index (κ1) is 21.6. The fourth-order valence-electron chi connectivity index (χ4n) is 4.21. The first-order chi connectivity index (χ1) is 14.9. The van der Waals surface area contributed by atoms with Crippen LogP contribution in [0.1, 0.15) is 35.4 Å². The monoisotopic (exact) mass is 439 g/mol. The van der Waals surface area contributed by atoms with Gasteiger partial charge in [-0.15, -0.1) is 0 Å². The van der Waals surface area contributed by atoms with E-state index in [1.165, 1.54) is 29.2 Å². The van der Waals surface area contributed by atoms with Crippen LogP contribution in [0.4, 0.5) is 0 Å². The summed E-state index contributed by atoms with van der Waals surface area (Å²) in [5.41, 5.74) is 10.4. The van der Waals surface area contributed by atoms with Crippen LogP contribution in [-0.2, 0) is 29.7 Å². The molecule has 6 nitrogen and oxygen atoms in total. The molecule has 0 radical (unpaired) electrons. The lowest BCUT2D eigenvalue weighted by molar-refractivity contribution is 0.316. The number of benzene rings is 2. The highest BCUT2D eigenvalue weighted by Crippen LogP contribution is 2.35. The molecule has 2 aromatic carbocycles. The van der Waals surface area contributed by atoms with Crippen molar-refractivity contribution in [1.29, 1.82) is 0 Å². The van der Waals surface area contributed by atoms with Crippen molar-refractivity contribution < 1.29 is 13.2 Å². The number of imidazole rings is 1. The molecule has 0 amide bonds. The van der Waals surface area contributed by atoms with E-state index in [-0.39, 0.29) is 22.7 Å². The van der Waals surface area contributed by atoms with E-state index in [4.69, 9.17) is 10.5 Å². The molecule has 0 spiro atoms. The minimum absolute atomic E-state index is 0.0104. The summed E-state index contributed by atoms with van der Waals surface area (Å²) in [4.78, 5) is 3.94. The Balaban J connectivity index is 1.40. The van der Waals surface area contributed by atoms with Gasteiger partial charge in [0.25, 0.3) is 0 Å². The predicted octanol–water partition coefficient (Wildman–Crippen LogP) is 3.26. The van der Waals surface area contributed by atoms with E-state index in [0.717, 1.165) is 25.0 Å². The summed E-state index contributed by atoms with van der Waals surface area (Å²) >= 11 is 0. The Morgan fingerprint density at radius 3 is 2.74 bits per heavy atom. The van der Waals surface area contributed by atoms with Crippen molar-refractivity contribution in [3.63, 3.8) is 0 Å². The highest BCUT2D eigenvalue weighted by molar-refractivity contribution is 7.91. The Kier molecular flexibility index (Phi) is 6.43. The Morgan fingerprint density at radius 1 is 1.19 bits per heavy atom. The molecule has 1 aliphatic carbocycles. The molecular formula is C24H29N3O3S. The number of rotatable bonds is 8. The van der Waals surface area contributed by atoms with E-state index >= 15 is 0 Å². The summed E-state index contributed by atoms with van der Waals surface area (Å²) in [5, 5.41) is 0.113. The maximum atomic E-state index is 12.4. The lowest BCUT2D eigenvalue weighted by atomic mass is 9.76. The van der Waals surface area contributed by atoms with Crippen LogP contribution in [0.2, 0.25) is 0 Å². The van der Waals surface area contributed by atoms with E-state index in [9.17, 15) is 8.42 Å². The van der Waals surface area contributed by atoms with E-state index in [0.29, 0.717) is 13.0 Å². The van der Waals surface area contributed by atoms with E-state index in [2.05, 4.69) is 41.4 Å². The highest BCUT2D eigenvalue weighted by Gasteiger charge is 2.27. The fraction of sp³-hybridized carbons (Fsp3) is 0.375. The molecule has 2 atom stereocenters. The molecule has 31 heavy (non-hydrogen) atoms. The van der Waals surface area contributed by atoms with Gasteiger partial charge >= 0.3 is 0 Å². The molecule has 0 saturated heterocycles. The average Bonchev–Trinajstić information content (AvgIpc) is 3.21. The molecule has 0 saturated carbocycles. The van der Waals surface area contributed by atoms with Gasteiger partial charge in [-0.1, -0.05) is 36.4 Å². The smallest absolute Gasteiger partial charge is 0.197 e. The second-order valence-corrected chi connectivity index (χ2v) is 10.3. The van der Waals surface area contributed by atoms with Crippen LogP contribution >= 0.6 is 0 Å². The van der Waals surface area contributed by atoms with Crippen LogP contribution in [0.5, 0.6) is 5.75 Å². The summed E-state index contributed by atoms with van der Waals surface area (Å²) in [7, 11) is -1.64. The second kappa shape index (κ2) is 9.24. The molecule has 4 rings (SSSR count). The molecule has 1 aliphatic rings. The van der Waals surface area contributed by atoms with Gasteiger partial charge in [0.1, 0.15) is 5.75 Å². The Labute approximate surface area is 184 Å². The molecule has 2 unspecified atom stereocenters. The van der Waals surface area contributed by atoms with Gasteiger partial charge in [0.2, 0.25) is 0 Å². The topological polar surface area (TPSA) is 87.2 Å². The third-order valence-electron chi connectivity index (χ3n) is 5.91. The van der Waals surface area contributed by atoms with Gasteiger partial charge in [0, 0.05) is 25.2 Å². The summed E-state index contributed by atoms with van der Waals surface area (Å²) in [5.74, 6) is 1.02. The van der Waals surface area contributed by atoms with Crippen LogP contribution in [-0.4, -0.2) is 36.4 Å². The number of ether oxygens (including phenoxy) is 1. The van der Waals surface area contributed by atoms with Gasteiger partial charge in [-0.05, 0) is 54.5 Å². The van der Waals surface area contributed by atoms with Gasteiger partial charge in [0.15, 0.2) is 14.9 Å². The third-order valence-corrected chi connectivity index (χ3v) is 7.58. The minimum atomic E-state index is -3.39. The molecule has 7 heteroatoms. The van der Waals surface area contributed by atoms with Crippen molar-refractivity contribution in [3.05, 3.63) is 77.7 Å². The average molecular weight is 440 g/mol. The Morgan fingerprint density at radius 2 is 2.00 bits per heavy atom. The summed E-state index contributed by atoms with van der Waals surface area (Å²) in [6.45, 7) is 0.334. The zero-order valence-electron chi connectivity index (χ0n) is 17.8. The second-order valence-electron chi connectivity index (χ2n) is 8.26. The van der Waals surface area contributed by atoms with Crippen LogP contribution < -0.4 is 10.5 Å². The van der Waals surface area contributed by atoms with E-state index in [1.54, 1.807) is 11.6 Å². The summed E-state index contributed by atoms with van der Waals surface area (Å²) < 4.78 is 32.3. The van der Waals surface area contributed by atoms with Crippen LogP contribution in [0.3, 0.4) is 0 Å². The van der Waals surface area contributed by atoms with Gasteiger partial charge in [-0.2, -0.15) is 0 Å². The van der Waals surface area contributed by atoms with Crippen molar-refractivity contribution in [2.24, 2.45) is 12.8 Å². The van der Waals surface area contributed by atoms with Crippen molar-refractivity contribution in [1.82, 2.24) is 9.55 Å². The van der Waals surface area contributed by atoms with Crippen LogP contribution in [0.25, 0.3) is 0 Å². The zero-order chi connectivity index (χ0) is 21.8. The minimum Gasteiger partial charge on any atom is -0.494 e. The van der Waals surface area contributed by atoms with Crippen LogP contribution in [0.15, 0.2) is 66.1 Å². The number of aromatic nitrogens is 2. The quantitative estimate of drug-likeness (QED) is 0.545. The SMILES string of the molecule is Cn1cnc(S(=O)(=O)CCCOc2ccc3c(c2)C(Cc2ccccc2)C(N)CC3)c1. The standard InChI is InChI=1S/C24H29N3O3S/c1-27-16-24(26-17-27)31(28,29)13-5-12-30-20-10-8-19-9-11-23(25)22(21(19)15-20)14-18-6-3-2-4-7-18/h2-4,6-8,10,15-17,22-23H,5,9,11-14,25H2,1H3. The number of hydrogen-bond acceptors (Lipinski definition) is 5. The first-order valence-electron chi connectivity index (χ1n) is 10.7. The molecular weight excluding hydrogens is 410 g/mol. The highest BCUT2D eigenvalue weighted by atomic mass is 32.2. The van der Waals surface area contributed by atoms with Crippen molar-refractivity contribution in [2.45, 2.75) is 42.7 Å². The first-order valence-corrected chi connectivity index (χ1v) is 12.3. The molecule has 0 fully saturated rings. The zero-order valence-corrected chi connectivity index (χ0v) is 18.6. The molecule has 1 aromatic heterocycles. The molecule has 1 heterocycles. The van der Waals surface area contributed by atoms with E-state index < -0.39 is 9.84 Å². The molecule has 3 aromatic rings. The predicted molar refractivity (Wildman–Crippen MR) is 121 cm³/mol. The number of sulfone groups is 1. The largest absolute Gasteiger partial charge is 0.494 e. The fourth-order valence-corrected chi connectivity index (χ4v) is 5.45. The summed E-state index contributed by atoms with van der Waals surface area (Å²) in [6, 6.07) is 16.7. The normalized spacial score (nSPS) is 18.5. The summed E-state index contributed by atoms with van der Waals surface area (Å²) in [6.07, 6.45) is 6.28. The maximum Gasteiger partial charge on any atom is 0.197 e. The molecule has 0 bridgehead atoms. The maximum absolute atomic E-state index is 12.4. The van der Waals surface area contributed by atoms with Crippen molar-refractivity contribution in [3.8, 4) is 5.75 Å².